The van der Waals surface area contributed by atoms with Gasteiger partial charge in [0.2, 0.25) is 0 Å². The third kappa shape index (κ3) is 3.56. The average Bonchev–Trinajstić information content (AvgIpc) is 2.35. The molecule has 17 heavy (non-hydrogen) atoms. The molecule has 0 aromatic carbocycles. The van der Waals surface area contributed by atoms with Crippen LogP contribution in [0.3, 0.4) is 0 Å². The molecule has 0 amide bonds. The summed E-state index contributed by atoms with van der Waals surface area (Å²) in [5.41, 5.74) is 2.61. The van der Waals surface area contributed by atoms with E-state index in [9.17, 15) is 0 Å². The van der Waals surface area contributed by atoms with Gasteiger partial charge >= 0.3 is 0 Å². The SMILES string of the molecule is CCCN(CC)c1cc(NN)nc(C(C)C)n1. The second kappa shape index (κ2) is 6.39. The molecule has 0 bridgehead atoms. The Morgan fingerprint density at radius 2 is 2.06 bits per heavy atom. The standard InChI is InChI=1S/C12H23N5/c1-5-7-17(6-2)11-8-10(16-13)14-12(15-11)9(3)4/h8-9H,5-7,13H2,1-4H3,(H,14,15,16). The second-order valence-electron chi connectivity index (χ2n) is 4.35. The monoisotopic (exact) mass is 237 g/mol. The summed E-state index contributed by atoms with van der Waals surface area (Å²) in [4.78, 5) is 11.2. The van der Waals surface area contributed by atoms with E-state index in [0.29, 0.717) is 11.7 Å². The first kappa shape index (κ1) is 13.7. The van der Waals surface area contributed by atoms with Gasteiger partial charge in [0.05, 0.1) is 0 Å². The van der Waals surface area contributed by atoms with Crippen molar-refractivity contribution in [2.75, 3.05) is 23.4 Å². The molecule has 1 heterocycles. The van der Waals surface area contributed by atoms with Crippen LogP contribution >= 0.6 is 0 Å². The first-order valence-electron chi connectivity index (χ1n) is 6.22. The van der Waals surface area contributed by atoms with Gasteiger partial charge in [-0.15, -0.1) is 0 Å². The molecule has 0 spiro atoms. The van der Waals surface area contributed by atoms with E-state index in [4.69, 9.17) is 5.84 Å². The minimum atomic E-state index is 0.294. The van der Waals surface area contributed by atoms with Gasteiger partial charge in [0.25, 0.3) is 0 Å². The third-order valence-corrected chi connectivity index (χ3v) is 2.59. The normalized spacial score (nSPS) is 10.7. The van der Waals surface area contributed by atoms with E-state index < -0.39 is 0 Å². The summed E-state index contributed by atoms with van der Waals surface area (Å²) >= 11 is 0. The van der Waals surface area contributed by atoms with Crippen LogP contribution in [0.2, 0.25) is 0 Å². The van der Waals surface area contributed by atoms with Crippen LogP contribution in [-0.4, -0.2) is 23.1 Å². The van der Waals surface area contributed by atoms with Crippen LogP contribution < -0.4 is 16.2 Å². The molecule has 0 saturated carbocycles. The number of rotatable bonds is 6. The van der Waals surface area contributed by atoms with Gasteiger partial charge in [0.1, 0.15) is 17.5 Å². The van der Waals surface area contributed by atoms with Crippen LogP contribution in [0.15, 0.2) is 6.07 Å². The van der Waals surface area contributed by atoms with Gasteiger partial charge in [-0.1, -0.05) is 20.8 Å². The molecule has 0 unspecified atom stereocenters. The van der Waals surface area contributed by atoms with E-state index in [-0.39, 0.29) is 0 Å². The van der Waals surface area contributed by atoms with Crippen molar-refractivity contribution in [1.82, 2.24) is 9.97 Å². The van der Waals surface area contributed by atoms with E-state index >= 15 is 0 Å². The Hall–Kier alpha value is -1.36. The molecular formula is C12H23N5. The van der Waals surface area contributed by atoms with Gasteiger partial charge in [-0.3, -0.25) is 0 Å². The predicted molar refractivity (Wildman–Crippen MR) is 72.1 cm³/mol. The third-order valence-electron chi connectivity index (χ3n) is 2.59. The number of hydrogen-bond donors (Lipinski definition) is 2. The van der Waals surface area contributed by atoms with Gasteiger partial charge in [0.15, 0.2) is 0 Å². The number of nitrogens with two attached hydrogens (primary N) is 1. The molecule has 1 aromatic heterocycles. The molecule has 96 valence electrons. The maximum absolute atomic E-state index is 5.44. The summed E-state index contributed by atoms with van der Waals surface area (Å²) in [7, 11) is 0. The summed E-state index contributed by atoms with van der Waals surface area (Å²) in [6.45, 7) is 10.4. The van der Waals surface area contributed by atoms with Crippen molar-refractivity contribution >= 4 is 11.6 Å². The molecule has 0 saturated heterocycles. The van der Waals surface area contributed by atoms with E-state index in [0.717, 1.165) is 31.2 Å². The van der Waals surface area contributed by atoms with Crippen LogP contribution in [-0.2, 0) is 0 Å². The second-order valence-corrected chi connectivity index (χ2v) is 4.35. The zero-order chi connectivity index (χ0) is 12.8. The van der Waals surface area contributed by atoms with Crippen molar-refractivity contribution in [2.24, 2.45) is 5.84 Å². The molecular weight excluding hydrogens is 214 g/mol. The fraction of sp³-hybridized carbons (Fsp3) is 0.667. The Bertz CT molecular complexity index is 351. The number of hydrazine groups is 1. The van der Waals surface area contributed by atoms with Crippen LogP contribution in [0.1, 0.15) is 45.9 Å². The zero-order valence-corrected chi connectivity index (χ0v) is 11.2. The van der Waals surface area contributed by atoms with Crippen LogP contribution in [0.25, 0.3) is 0 Å². The van der Waals surface area contributed by atoms with Crippen LogP contribution in [0.5, 0.6) is 0 Å². The highest BCUT2D eigenvalue weighted by Gasteiger charge is 2.11. The van der Waals surface area contributed by atoms with Gasteiger partial charge in [0, 0.05) is 25.1 Å². The largest absolute Gasteiger partial charge is 0.357 e. The molecule has 5 nitrogen and oxygen atoms in total. The van der Waals surface area contributed by atoms with Crippen LogP contribution in [0.4, 0.5) is 11.6 Å². The van der Waals surface area contributed by atoms with Gasteiger partial charge < -0.3 is 10.3 Å². The minimum Gasteiger partial charge on any atom is -0.357 e. The summed E-state index contributed by atoms with van der Waals surface area (Å²) in [5, 5.41) is 0. The van der Waals surface area contributed by atoms with Crippen molar-refractivity contribution in [3.63, 3.8) is 0 Å². The molecule has 0 radical (unpaired) electrons. The van der Waals surface area contributed by atoms with Gasteiger partial charge in [-0.2, -0.15) is 0 Å². The fourth-order valence-electron chi connectivity index (χ4n) is 1.65. The maximum atomic E-state index is 5.44. The predicted octanol–water partition coefficient (Wildman–Crippen LogP) is 2.12. The van der Waals surface area contributed by atoms with E-state index in [1.165, 1.54) is 0 Å². The highest BCUT2D eigenvalue weighted by molar-refractivity contribution is 5.49. The zero-order valence-electron chi connectivity index (χ0n) is 11.2. The molecule has 0 fully saturated rings. The average molecular weight is 237 g/mol. The minimum absolute atomic E-state index is 0.294. The first-order chi connectivity index (χ1) is 8.12. The lowest BCUT2D eigenvalue weighted by molar-refractivity contribution is 0.739. The Kier molecular flexibility index (Phi) is 5.15. The van der Waals surface area contributed by atoms with Crippen molar-refractivity contribution in [1.29, 1.82) is 0 Å². The molecule has 0 atom stereocenters. The van der Waals surface area contributed by atoms with E-state index in [2.05, 4.69) is 48.0 Å². The quantitative estimate of drug-likeness (QED) is 0.586. The molecule has 1 rings (SSSR count). The maximum Gasteiger partial charge on any atom is 0.145 e. The Morgan fingerprint density at radius 3 is 2.53 bits per heavy atom. The number of anilines is 2. The molecule has 0 aliphatic heterocycles. The number of hydrogen-bond acceptors (Lipinski definition) is 5. The van der Waals surface area contributed by atoms with Crippen molar-refractivity contribution in [3.8, 4) is 0 Å². The Labute approximate surface area is 103 Å². The fourth-order valence-corrected chi connectivity index (χ4v) is 1.65. The molecule has 0 aliphatic carbocycles. The summed E-state index contributed by atoms with van der Waals surface area (Å²) in [5.74, 6) is 8.18. The highest BCUT2D eigenvalue weighted by Crippen LogP contribution is 2.19. The van der Waals surface area contributed by atoms with E-state index in [1.54, 1.807) is 0 Å². The Morgan fingerprint density at radius 1 is 1.35 bits per heavy atom. The van der Waals surface area contributed by atoms with Crippen molar-refractivity contribution in [3.05, 3.63) is 11.9 Å². The summed E-state index contributed by atoms with van der Waals surface area (Å²) < 4.78 is 0. The molecule has 0 aliphatic rings. The van der Waals surface area contributed by atoms with Crippen molar-refractivity contribution < 1.29 is 0 Å². The summed E-state index contributed by atoms with van der Waals surface area (Å²) in [6, 6.07) is 1.89. The molecule has 1 aromatic rings. The lowest BCUT2D eigenvalue weighted by Gasteiger charge is -2.22. The van der Waals surface area contributed by atoms with Gasteiger partial charge in [-0.05, 0) is 13.3 Å². The van der Waals surface area contributed by atoms with Crippen molar-refractivity contribution in [2.45, 2.75) is 40.0 Å². The number of nitrogens with zero attached hydrogens (tertiary/aromatic N) is 3. The molecule has 5 heteroatoms. The number of aromatic nitrogens is 2. The molecule has 3 N–H and O–H groups in total. The lowest BCUT2D eigenvalue weighted by atomic mass is 10.2. The number of nitrogen functional groups attached to an aromatic ring is 1. The number of nitrogens with one attached hydrogen (secondary N) is 1. The topological polar surface area (TPSA) is 67.1 Å². The Balaban J connectivity index is 3.08. The van der Waals surface area contributed by atoms with E-state index in [1.807, 2.05) is 6.07 Å². The van der Waals surface area contributed by atoms with Gasteiger partial charge in [-0.25, -0.2) is 15.8 Å². The summed E-state index contributed by atoms with van der Waals surface area (Å²) in [6.07, 6.45) is 1.10. The first-order valence-corrected chi connectivity index (χ1v) is 6.22. The smallest absolute Gasteiger partial charge is 0.145 e. The van der Waals surface area contributed by atoms with Crippen LogP contribution in [0, 0.1) is 0 Å². The lowest BCUT2D eigenvalue weighted by Crippen LogP contribution is -2.25. The highest BCUT2D eigenvalue weighted by atomic mass is 15.3.